The van der Waals surface area contributed by atoms with Gasteiger partial charge in [0.15, 0.2) is 18.1 Å². The van der Waals surface area contributed by atoms with E-state index in [1.165, 1.54) is 5.56 Å². The summed E-state index contributed by atoms with van der Waals surface area (Å²) < 4.78 is 13.5. The van der Waals surface area contributed by atoms with Gasteiger partial charge >= 0.3 is 0 Å². The van der Waals surface area contributed by atoms with Crippen molar-refractivity contribution in [2.45, 2.75) is 26.4 Å². The van der Waals surface area contributed by atoms with Crippen molar-refractivity contribution in [3.05, 3.63) is 125 Å². The second-order valence-corrected chi connectivity index (χ2v) is 10.1. The molecule has 0 saturated carbocycles. The summed E-state index contributed by atoms with van der Waals surface area (Å²) in [7, 11) is 1.67. The fourth-order valence-corrected chi connectivity index (χ4v) is 5.37. The molecule has 2 aromatic heterocycles. The molecule has 0 saturated heterocycles. The third-order valence-electron chi connectivity index (χ3n) is 7.46. The number of nitrogens with zero attached hydrogens (tertiary/aromatic N) is 5. The number of hydrogen-bond acceptors (Lipinski definition) is 7. The fraction of sp³-hybridized carbons (Fsp3) is 0.152. The number of oxime groups is 1. The number of ether oxygens (including phenoxy) is 2. The van der Waals surface area contributed by atoms with Crippen LogP contribution >= 0.6 is 0 Å². The van der Waals surface area contributed by atoms with E-state index in [4.69, 9.17) is 19.3 Å². The molecule has 0 bridgehead atoms. The lowest BCUT2D eigenvalue weighted by atomic mass is 9.81. The van der Waals surface area contributed by atoms with Gasteiger partial charge in [0.05, 0.1) is 18.4 Å². The SMILES string of the molecule is COc1ccc([C@@H]2c3c(ccc4ccccc34)Oc3ncn4nc(CO/N=C(\C)c5ccc(C)cc5)nc4c32)cc1. The molecule has 8 heteroatoms. The van der Waals surface area contributed by atoms with E-state index >= 15 is 0 Å². The molecule has 0 N–H and O–H groups in total. The summed E-state index contributed by atoms with van der Waals surface area (Å²) in [4.78, 5) is 15.2. The van der Waals surface area contributed by atoms with Crippen LogP contribution in [0.4, 0.5) is 0 Å². The third kappa shape index (κ3) is 4.43. The van der Waals surface area contributed by atoms with E-state index in [9.17, 15) is 0 Å². The zero-order valence-corrected chi connectivity index (χ0v) is 22.9. The minimum Gasteiger partial charge on any atom is -0.497 e. The number of aromatic nitrogens is 4. The van der Waals surface area contributed by atoms with Crippen LogP contribution in [0.3, 0.4) is 0 Å². The molecule has 6 aromatic rings. The van der Waals surface area contributed by atoms with Gasteiger partial charge in [0.25, 0.3) is 0 Å². The molecular formula is C33H27N5O3. The summed E-state index contributed by atoms with van der Waals surface area (Å²) in [5.74, 6) is 2.38. The molecule has 0 aliphatic carbocycles. The van der Waals surface area contributed by atoms with Crippen LogP contribution in [-0.4, -0.2) is 32.4 Å². The Morgan fingerprint density at radius 3 is 2.56 bits per heavy atom. The Labute approximate surface area is 236 Å². The van der Waals surface area contributed by atoms with Crippen molar-refractivity contribution >= 4 is 22.1 Å². The van der Waals surface area contributed by atoms with Gasteiger partial charge in [0.1, 0.15) is 17.8 Å². The second kappa shape index (κ2) is 10.1. The highest BCUT2D eigenvalue weighted by atomic mass is 16.6. The molecule has 7 rings (SSSR count). The molecule has 41 heavy (non-hydrogen) atoms. The van der Waals surface area contributed by atoms with Gasteiger partial charge in [-0.25, -0.2) is 14.5 Å². The van der Waals surface area contributed by atoms with Gasteiger partial charge in [-0.15, -0.1) is 5.10 Å². The lowest BCUT2D eigenvalue weighted by molar-refractivity contribution is 0.125. The summed E-state index contributed by atoms with van der Waals surface area (Å²) in [6.07, 6.45) is 1.63. The molecule has 1 aliphatic heterocycles. The molecule has 0 amide bonds. The van der Waals surface area contributed by atoms with Gasteiger partial charge < -0.3 is 14.3 Å². The van der Waals surface area contributed by atoms with Crippen molar-refractivity contribution in [1.29, 1.82) is 0 Å². The maximum absolute atomic E-state index is 6.40. The second-order valence-electron chi connectivity index (χ2n) is 10.1. The van der Waals surface area contributed by atoms with Crippen LogP contribution in [0.5, 0.6) is 17.4 Å². The Morgan fingerprint density at radius 1 is 0.951 bits per heavy atom. The zero-order valence-electron chi connectivity index (χ0n) is 22.9. The number of benzene rings is 4. The average Bonchev–Trinajstić information content (AvgIpc) is 3.43. The largest absolute Gasteiger partial charge is 0.497 e. The Hall–Kier alpha value is -5.24. The summed E-state index contributed by atoms with van der Waals surface area (Å²) in [5, 5.41) is 11.2. The molecule has 0 fully saturated rings. The first kappa shape index (κ1) is 24.8. The molecule has 3 heterocycles. The van der Waals surface area contributed by atoms with E-state index in [1.807, 2.05) is 49.4 Å². The smallest absolute Gasteiger partial charge is 0.228 e. The quantitative estimate of drug-likeness (QED) is 0.170. The monoisotopic (exact) mass is 541 g/mol. The molecule has 202 valence electrons. The molecule has 1 aliphatic rings. The van der Waals surface area contributed by atoms with Crippen LogP contribution in [0, 0.1) is 6.92 Å². The van der Waals surface area contributed by atoms with Crippen molar-refractivity contribution in [1.82, 2.24) is 19.6 Å². The highest BCUT2D eigenvalue weighted by molar-refractivity contribution is 5.98. The van der Waals surface area contributed by atoms with E-state index < -0.39 is 0 Å². The first-order valence-electron chi connectivity index (χ1n) is 13.4. The van der Waals surface area contributed by atoms with Crippen LogP contribution in [0.25, 0.3) is 16.4 Å². The van der Waals surface area contributed by atoms with E-state index in [-0.39, 0.29) is 12.5 Å². The standard InChI is InChI=1S/C33H27N5O3/c1-20-8-10-22(11-9-20)21(2)37-40-18-28-35-32-31-29(24-12-15-25(39-3)16-13-24)30-26-7-5-4-6-23(26)14-17-27(30)41-33(31)34-19-38(32)36-28/h4-17,19,29H,18H2,1-3H3/b37-21+/t29-/m1/s1. The minimum atomic E-state index is -0.193. The molecule has 4 aromatic carbocycles. The van der Waals surface area contributed by atoms with Crippen LogP contribution in [-0.2, 0) is 11.4 Å². The molecule has 0 spiro atoms. The minimum absolute atomic E-state index is 0.118. The maximum Gasteiger partial charge on any atom is 0.228 e. The van der Waals surface area contributed by atoms with E-state index in [1.54, 1.807) is 18.0 Å². The predicted octanol–water partition coefficient (Wildman–Crippen LogP) is 6.82. The highest BCUT2D eigenvalue weighted by Gasteiger charge is 2.34. The van der Waals surface area contributed by atoms with E-state index in [0.717, 1.165) is 50.2 Å². The average molecular weight is 542 g/mol. The van der Waals surface area contributed by atoms with Crippen LogP contribution in [0.15, 0.2) is 96.4 Å². The van der Waals surface area contributed by atoms with Crippen molar-refractivity contribution in [3.8, 4) is 17.4 Å². The van der Waals surface area contributed by atoms with Crippen molar-refractivity contribution < 1.29 is 14.3 Å². The molecule has 0 radical (unpaired) electrons. The summed E-state index contributed by atoms with van der Waals surface area (Å²) in [6.45, 7) is 4.09. The molecule has 0 unspecified atom stereocenters. The Bertz CT molecular complexity index is 1930. The lowest BCUT2D eigenvalue weighted by Crippen LogP contribution is -2.15. The van der Waals surface area contributed by atoms with Gasteiger partial charge in [-0.2, -0.15) is 0 Å². The van der Waals surface area contributed by atoms with Gasteiger partial charge in [-0.3, -0.25) is 0 Å². The van der Waals surface area contributed by atoms with Crippen molar-refractivity contribution in [3.63, 3.8) is 0 Å². The van der Waals surface area contributed by atoms with Crippen LogP contribution in [0.2, 0.25) is 0 Å². The Balaban J connectivity index is 1.31. The molecular weight excluding hydrogens is 514 g/mol. The normalized spacial score (nSPS) is 14.4. The first-order valence-corrected chi connectivity index (χ1v) is 13.4. The number of hydrogen-bond donors (Lipinski definition) is 0. The number of fused-ring (bicyclic) bond motifs is 6. The summed E-state index contributed by atoms with van der Waals surface area (Å²) in [5.41, 5.74) is 6.62. The highest BCUT2D eigenvalue weighted by Crippen LogP contribution is 2.50. The van der Waals surface area contributed by atoms with Gasteiger partial charge in [0, 0.05) is 11.5 Å². The Morgan fingerprint density at radius 2 is 1.76 bits per heavy atom. The van der Waals surface area contributed by atoms with Crippen molar-refractivity contribution in [2.75, 3.05) is 7.11 Å². The summed E-state index contributed by atoms with van der Waals surface area (Å²) in [6, 6.07) is 28.7. The topological polar surface area (TPSA) is 83.1 Å². The van der Waals surface area contributed by atoms with Gasteiger partial charge in [-0.1, -0.05) is 77.4 Å². The van der Waals surface area contributed by atoms with Crippen LogP contribution < -0.4 is 9.47 Å². The van der Waals surface area contributed by atoms with E-state index in [2.05, 4.69) is 64.6 Å². The maximum atomic E-state index is 6.40. The number of rotatable bonds is 6. The lowest BCUT2D eigenvalue weighted by Gasteiger charge is -2.29. The molecule has 1 atom stereocenters. The van der Waals surface area contributed by atoms with Crippen molar-refractivity contribution in [2.24, 2.45) is 5.16 Å². The fourth-order valence-electron chi connectivity index (χ4n) is 5.37. The zero-order chi connectivity index (χ0) is 27.9. The third-order valence-corrected chi connectivity index (χ3v) is 7.46. The number of methoxy groups -OCH3 is 1. The van der Waals surface area contributed by atoms with E-state index in [0.29, 0.717) is 17.4 Å². The Kier molecular flexibility index (Phi) is 6.08. The van der Waals surface area contributed by atoms with Gasteiger partial charge in [0.2, 0.25) is 5.88 Å². The van der Waals surface area contributed by atoms with Crippen LogP contribution in [0.1, 0.15) is 46.5 Å². The van der Waals surface area contributed by atoms with Gasteiger partial charge in [-0.05, 0) is 53.9 Å². The molecule has 8 nitrogen and oxygen atoms in total. The predicted molar refractivity (Wildman–Crippen MR) is 157 cm³/mol. The first-order chi connectivity index (χ1) is 20.1. The summed E-state index contributed by atoms with van der Waals surface area (Å²) >= 11 is 0. The number of aryl methyl sites for hydroxylation is 1.